The standard InChI is InChI=1S/C13H10ClN3O2S.ClH/c14-10-3-1-4-11(9-10)20(18,19)16-12-5-2-7-17-8-6-15-13(12)17;/h1-9,16H;1H. The first-order chi connectivity index (χ1) is 9.56. The van der Waals surface area contributed by atoms with E-state index in [-0.39, 0.29) is 17.3 Å². The minimum absolute atomic E-state index is 0. The maximum atomic E-state index is 12.3. The summed E-state index contributed by atoms with van der Waals surface area (Å²) in [6.45, 7) is 0. The number of imidazole rings is 1. The number of rotatable bonds is 3. The molecular weight excluding hydrogens is 333 g/mol. The summed E-state index contributed by atoms with van der Waals surface area (Å²) in [5, 5.41) is 0.367. The van der Waals surface area contributed by atoms with Crippen molar-refractivity contribution in [2.24, 2.45) is 0 Å². The number of fused-ring (bicyclic) bond motifs is 1. The molecule has 0 aliphatic heterocycles. The SMILES string of the molecule is Cl.O=S(=O)(Nc1cccn2ccnc12)c1cccc(Cl)c1. The molecule has 0 aliphatic carbocycles. The third-order valence-electron chi connectivity index (χ3n) is 2.77. The van der Waals surface area contributed by atoms with Crippen LogP contribution in [0.4, 0.5) is 5.69 Å². The molecule has 21 heavy (non-hydrogen) atoms. The second kappa shape index (κ2) is 5.93. The summed E-state index contributed by atoms with van der Waals surface area (Å²) in [5.74, 6) is 0. The van der Waals surface area contributed by atoms with E-state index in [4.69, 9.17) is 11.6 Å². The van der Waals surface area contributed by atoms with Gasteiger partial charge in [0.25, 0.3) is 10.0 Å². The molecule has 0 radical (unpaired) electrons. The van der Waals surface area contributed by atoms with Gasteiger partial charge in [-0.3, -0.25) is 4.72 Å². The number of anilines is 1. The lowest BCUT2D eigenvalue weighted by Crippen LogP contribution is -2.13. The Balaban J connectivity index is 0.00000161. The third kappa shape index (κ3) is 3.12. The van der Waals surface area contributed by atoms with Gasteiger partial charge in [-0.2, -0.15) is 0 Å². The number of benzene rings is 1. The van der Waals surface area contributed by atoms with Crippen molar-refractivity contribution in [1.29, 1.82) is 0 Å². The van der Waals surface area contributed by atoms with Gasteiger partial charge in [-0.05, 0) is 30.3 Å². The summed E-state index contributed by atoms with van der Waals surface area (Å²) in [6.07, 6.45) is 5.14. The lowest BCUT2D eigenvalue weighted by atomic mass is 10.4. The normalized spacial score (nSPS) is 11.1. The third-order valence-corrected chi connectivity index (χ3v) is 4.37. The van der Waals surface area contributed by atoms with Gasteiger partial charge in [0.2, 0.25) is 0 Å². The molecule has 2 aromatic heterocycles. The van der Waals surface area contributed by atoms with Crippen LogP contribution in [-0.4, -0.2) is 17.8 Å². The molecule has 0 bridgehead atoms. The molecular formula is C13H11Cl2N3O2S. The average molecular weight is 344 g/mol. The Labute approximate surface area is 133 Å². The van der Waals surface area contributed by atoms with Crippen molar-refractivity contribution in [1.82, 2.24) is 9.38 Å². The topological polar surface area (TPSA) is 63.5 Å². The van der Waals surface area contributed by atoms with E-state index >= 15 is 0 Å². The molecule has 0 fully saturated rings. The van der Waals surface area contributed by atoms with Crippen LogP contribution in [0.5, 0.6) is 0 Å². The maximum absolute atomic E-state index is 12.3. The minimum Gasteiger partial charge on any atom is -0.305 e. The smallest absolute Gasteiger partial charge is 0.262 e. The number of hydrogen-bond donors (Lipinski definition) is 1. The summed E-state index contributed by atoms with van der Waals surface area (Å²) in [7, 11) is -3.69. The molecule has 1 aromatic carbocycles. The van der Waals surface area contributed by atoms with Crippen LogP contribution in [-0.2, 0) is 10.0 Å². The van der Waals surface area contributed by atoms with E-state index < -0.39 is 10.0 Å². The van der Waals surface area contributed by atoms with E-state index in [9.17, 15) is 8.42 Å². The van der Waals surface area contributed by atoms with Crippen LogP contribution in [0.25, 0.3) is 5.65 Å². The molecule has 2 heterocycles. The van der Waals surface area contributed by atoms with E-state index in [2.05, 4.69) is 9.71 Å². The average Bonchev–Trinajstić information content (AvgIpc) is 2.88. The first kappa shape index (κ1) is 15.6. The van der Waals surface area contributed by atoms with Crippen LogP contribution >= 0.6 is 24.0 Å². The number of aromatic nitrogens is 2. The fraction of sp³-hybridized carbons (Fsp3) is 0. The predicted molar refractivity (Wildman–Crippen MR) is 84.7 cm³/mol. The molecule has 3 rings (SSSR count). The Morgan fingerprint density at radius 2 is 1.95 bits per heavy atom. The quantitative estimate of drug-likeness (QED) is 0.794. The number of sulfonamides is 1. The highest BCUT2D eigenvalue weighted by Gasteiger charge is 2.16. The zero-order valence-corrected chi connectivity index (χ0v) is 13.0. The molecule has 0 atom stereocenters. The monoisotopic (exact) mass is 343 g/mol. The fourth-order valence-electron chi connectivity index (χ4n) is 1.87. The highest BCUT2D eigenvalue weighted by atomic mass is 35.5. The minimum atomic E-state index is -3.69. The molecule has 0 amide bonds. The number of hydrogen-bond acceptors (Lipinski definition) is 3. The van der Waals surface area contributed by atoms with Crippen molar-refractivity contribution in [2.75, 3.05) is 4.72 Å². The Kier molecular flexibility index (Phi) is 4.41. The Morgan fingerprint density at radius 3 is 2.71 bits per heavy atom. The van der Waals surface area contributed by atoms with Crippen molar-refractivity contribution in [3.05, 3.63) is 60.0 Å². The summed E-state index contributed by atoms with van der Waals surface area (Å²) in [4.78, 5) is 4.23. The van der Waals surface area contributed by atoms with Gasteiger partial charge in [-0.25, -0.2) is 13.4 Å². The van der Waals surface area contributed by atoms with Gasteiger partial charge < -0.3 is 4.40 Å². The summed E-state index contributed by atoms with van der Waals surface area (Å²) >= 11 is 5.82. The van der Waals surface area contributed by atoms with Crippen LogP contribution in [0.15, 0.2) is 59.9 Å². The summed E-state index contributed by atoms with van der Waals surface area (Å²) < 4.78 is 28.9. The first-order valence-corrected chi connectivity index (χ1v) is 7.62. The zero-order chi connectivity index (χ0) is 14.2. The second-order valence-corrected chi connectivity index (χ2v) is 6.26. The van der Waals surface area contributed by atoms with Crippen molar-refractivity contribution in [3.63, 3.8) is 0 Å². The van der Waals surface area contributed by atoms with Gasteiger partial charge in [0.15, 0.2) is 5.65 Å². The van der Waals surface area contributed by atoms with Crippen molar-refractivity contribution >= 4 is 45.4 Å². The Morgan fingerprint density at radius 1 is 1.14 bits per heavy atom. The first-order valence-electron chi connectivity index (χ1n) is 5.76. The van der Waals surface area contributed by atoms with E-state index in [0.717, 1.165) is 0 Å². The van der Waals surface area contributed by atoms with E-state index in [1.54, 1.807) is 47.3 Å². The van der Waals surface area contributed by atoms with Gasteiger partial charge in [0, 0.05) is 23.6 Å². The van der Waals surface area contributed by atoms with Crippen LogP contribution in [0.2, 0.25) is 5.02 Å². The number of pyridine rings is 1. The lowest BCUT2D eigenvalue weighted by Gasteiger charge is -2.09. The van der Waals surface area contributed by atoms with E-state index in [1.165, 1.54) is 12.1 Å². The summed E-state index contributed by atoms with van der Waals surface area (Å²) in [6, 6.07) is 9.49. The molecule has 0 unspecified atom stereocenters. The molecule has 0 aliphatic rings. The van der Waals surface area contributed by atoms with Crippen LogP contribution < -0.4 is 4.72 Å². The highest BCUT2D eigenvalue weighted by Crippen LogP contribution is 2.21. The van der Waals surface area contributed by atoms with Crippen LogP contribution in [0, 0.1) is 0 Å². The van der Waals surface area contributed by atoms with E-state index in [1.807, 2.05) is 0 Å². The second-order valence-electron chi connectivity index (χ2n) is 4.14. The molecule has 1 N–H and O–H groups in total. The maximum Gasteiger partial charge on any atom is 0.262 e. The molecule has 0 spiro atoms. The van der Waals surface area contributed by atoms with Gasteiger partial charge in [0.05, 0.1) is 10.6 Å². The molecule has 110 valence electrons. The fourth-order valence-corrected chi connectivity index (χ4v) is 3.23. The highest BCUT2D eigenvalue weighted by molar-refractivity contribution is 7.92. The van der Waals surface area contributed by atoms with Crippen molar-refractivity contribution in [2.45, 2.75) is 4.90 Å². The lowest BCUT2D eigenvalue weighted by molar-refractivity contribution is 0.601. The van der Waals surface area contributed by atoms with Gasteiger partial charge >= 0.3 is 0 Å². The molecule has 0 saturated heterocycles. The molecule has 8 heteroatoms. The van der Waals surface area contributed by atoms with Crippen molar-refractivity contribution < 1.29 is 8.42 Å². The number of nitrogens with zero attached hydrogens (tertiary/aromatic N) is 2. The predicted octanol–water partition coefficient (Wildman–Crippen LogP) is 3.21. The largest absolute Gasteiger partial charge is 0.305 e. The van der Waals surface area contributed by atoms with Gasteiger partial charge in [-0.1, -0.05) is 17.7 Å². The van der Waals surface area contributed by atoms with Crippen molar-refractivity contribution in [3.8, 4) is 0 Å². The Hall–Kier alpha value is -1.76. The molecule has 5 nitrogen and oxygen atoms in total. The number of halogens is 2. The zero-order valence-electron chi connectivity index (χ0n) is 10.6. The van der Waals surface area contributed by atoms with Gasteiger partial charge in [-0.15, -0.1) is 12.4 Å². The van der Waals surface area contributed by atoms with Crippen LogP contribution in [0.3, 0.4) is 0 Å². The molecule has 3 aromatic rings. The van der Waals surface area contributed by atoms with Crippen LogP contribution in [0.1, 0.15) is 0 Å². The molecule has 0 saturated carbocycles. The number of nitrogens with one attached hydrogen (secondary N) is 1. The Bertz CT molecular complexity index is 878. The van der Waals surface area contributed by atoms with Gasteiger partial charge in [0.1, 0.15) is 0 Å². The van der Waals surface area contributed by atoms with E-state index in [0.29, 0.717) is 16.4 Å². The summed E-state index contributed by atoms with van der Waals surface area (Å²) in [5.41, 5.74) is 0.954.